The fourth-order valence-corrected chi connectivity index (χ4v) is 3.45. The molecule has 20 heavy (non-hydrogen) atoms. The number of hydrogen-bond donors (Lipinski definition) is 2. The van der Waals surface area contributed by atoms with E-state index < -0.39 is 0 Å². The molecule has 0 radical (unpaired) electrons. The number of rotatable bonds is 6. The standard InChI is InChI=1S/C17H20N2S/c1-13-7-5-6-10-15(13)12-20-16(11-17(18)19)14-8-3-2-4-9-14/h2-10,16H,11-12H2,1H3,(H3,18,19). The molecule has 0 aliphatic rings. The average Bonchev–Trinajstić information content (AvgIpc) is 2.45. The number of thioether (sulfide) groups is 1. The maximum Gasteiger partial charge on any atom is 0.0919 e. The molecule has 1 unspecified atom stereocenters. The SMILES string of the molecule is Cc1ccccc1CSC(CC(=N)N)c1ccccc1. The Balaban J connectivity index is 2.09. The second-order valence-electron chi connectivity index (χ2n) is 4.87. The van der Waals surface area contributed by atoms with Gasteiger partial charge in [-0.05, 0) is 23.6 Å². The van der Waals surface area contributed by atoms with Gasteiger partial charge in [-0.25, -0.2) is 0 Å². The molecule has 104 valence electrons. The van der Waals surface area contributed by atoms with E-state index in [0.29, 0.717) is 6.42 Å². The number of amidine groups is 1. The topological polar surface area (TPSA) is 49.9 Å². The van der Waals surface area contributed by atoms with E-state index >= 15 is 0 Å². The molecule has 3 heteroatoms. The first-order valence-corrected chi connectivity index (χ1v) is 7.75. The summed E-state index contributed by atoms with van der Waals surface area (Å²) in [6, 6.07) is 18.8. The second kappa shape index (κ2) is 7.15. The molecule has 0 aliphatic carbocycles. The fourth-order valence-electron chi connectivity index (χ4n) is 2.10. The molecule has 0 bridgehead atoms. The number of aryl methyl sites for hydroxylation is 1. The predicted molar refractivity (Wildman–Crippen MR) is 88.2 cm³/mol. The van der Waals surface area contributed by atoms with Crippen molar-refractivity contribution in [3.05, 3.63) is 71.3 Å². The molecule has 0 fully saturated rings. The quantitative estimate of drug-likeness (QED) is 0.614. The van der Waals surface area contributed by atoms with Gasteiger partial charge >= 0.3 is 0 Å². The van der Waals surface area contributed by atoms with Gasteiger partial charge < -0.3 is 5.73 Å². The van der Waals surface area contributed by atoms with Crippen LogP contribution in [0.5, 0.6) is 0 Å². The van der Waals surface area contributed by atoms with Crippen molar-refractivity contribution in [1.82, 2.24) is 0 Å². The molecule has 0 heterocycles. The zero-order chi connectivity index (χ0) is 14.4. The molecule has 0 spiro atoms. The summed E-state index contributed by atoms with van der Waals surface area (Å²) in [7, 11) is 0. The van der Waals surface area contributed by atoms with Gasteiger partial charge in [0.05, 0.1) is 5.84 Å². The molecule has 3 N–H and O–H groups in total. The molecule has 2 nitrogen and oxygen atoms in total. The predicted octanol–water partition coefficient (Wildman–Crippen LogP) is 4.30. The van der Waals surface area contributed by atoms with Crippen molar-refractivity contribution in [3.63, 3.8) is 0 Å². The van der Waals surface area contributed by atoms with Crippen LogP contribution in [-0.4, -0.2) is 5.84 Å². The normalized spacial score (nSPS) is 12.1. The Labute approximate surface area is 124 Å². The molecular weight excluding hydrogens is 264 g/mol. The molecule has 1 atom stereocenters. The summed E-state index contributed by atoms with van der Waals surface area (Å²) in [5, 5.41) is 7.81. The van der Waals surface area contributed by atoms with Crippen molar-refractivity contribution >= 4 is 17.6 Å². The third-order valence-corrected chi connectivity index (χ3v) is 4.60. The Morgan fingerprint density at radius 3 is 2.40 bits per heavy atom. The van der Waals surface area contributed by atoms with E-state index in [1.165, 1.54) is 16.7 Å². The first kappa shape index (κ1) is 14.7. The lowest BCUT2D eigenvalue weighted by Crippen LogP contribution is -2.13. The van der Waals surface area contributed by atoms with E-state index in [9.17, 15) is 0 Å². The first-order chi connectivity index (χ1) is 9.66. The summed E-state index contributed by atoms with van der Waals surface area (Å²) < 4.78 is 0. The highest BCUT2D eigenvalue weighted by atomic mass is 32.2. The van der Waals surface area contributed by atoms with Gasteiger partial charge in [0, 0.05) is 17.4 Å². The highest BCUT2D eigenvalue weighted by Crippen LogP contribution is 2.34. The molecule has 0 aromatic heterocycles. The summed E-state index contributed by atoms with van der Waals surface area (Å²) in [6.45, 7) is 2.14. The minimum Gasteiger partial charge on any atom is -0.388 e. The van der Waals surface area contributed by atoms with Gasteiger partial charge in [0.25, 0.3) is 0 Å². The van der Waals surface area contributed by atoms with Gasteiger partial charge in [0.1, 0.15) is 0 Å². The highest BCUT2D eigenvalue weighted by molar-refractivity contribution is 7.98. The van der Waals surface area contributed by atoms with Crippen molar-refractivity contribution < 1.29 is 0 Å². The summed E-state index contributed by atoms with van der Waals surface area (Å²) in [4.78, 5) is 0. The third-order valence-electron chi connectivity index (χ3n) is 3.28. The molecule has 0 aliphatic heterocycles. The molecule has 0 amide bonds. The van der Waals surface area contributed by atoms with Crippen LogP contribution in [0.1, 0.15) is 28.4 Å². The summed E-state index contributed by atoms with van der Waals surface area (Å²) >= 11 is 1.85. The van der Waals surface area contributed by atoms with E-state index in [2.05, 4.69) is 43.3 Å². The molecule has 0 saturated heterocycles. The van der Waals surface area contributed by atoms with E-state index in [1.807, 2.05) is 30.0 Å². The summed E-state index contributed by atoms with van der Waals surface area (Å²) in [5.41, 5.74) is 9.50. The number of hydrogen-bond acceptors (Lipinski definition) is 2. The van der Waals surface area contributed by atoms with Crippen molar-refractivity contribution in [1.29, 1.82) is 5.41 Å². The van der Waals surface area contributed by atoms with Crippen molar-refractivity contribution in [2.45, 2.75) is 24.3 Å². The number of nitrogens with one attached hydrogen (secondary N) is 1. The van der Waals surface area contributed by atoms with Crippen LogP contribution in [0.2, 0.25) is 0 Å². The molecule has 2 aromatic carbocycles. The molecular formula is C17H20N2S. The lowest BCUT2D eigenvalue weighted by atomic mass is 10.1. The smallest absolute Gasteiger partial charge is 0.0919 e. The lowest BCUT2D eigenvalue weighted by Gasteiger charge is -2.17. The van der Waals surface area contributed by atoms with Crippen molar-refractivity contribution in [2.75, 3.05) is 0 Å². The molecule has 0 saturated carbocycles. The Morgan fingerprint density at radius 2 is 1.75 bits per heavy atom. The minimum absolute atomic E-state index is 0.244. The van der Waals surface area contributed by atoms with Gasteiger partial charge in [-0.15, -0.1) is 11.8 Å². The Morgan fingerprint density at radius 1 is 1.10 bits per heavy atom. The van der Waals surface area contributed by atoms with E-state index in [4.69, 9.17) is 11.1 Å². The van der Waals surface area contributed by atoms with Gasteiger partial charge in [-0.2, -0.15) is 0 Å². The highest BCUT2D eigenvalue weighted by Gasteiger charge is 2.13. The monoisotopic (exact) mass is 284 g/mol. The average molecular weight is 284 g/mol. The minimum atomic E-state index is 0.244. The van der Waals surface area contributed by atoms with Crippen LogP contribution in [0.4, 0.5) is 0 Å². The van der Waals surface area contributed by atoms with E-state index in [1.54, 1.807) is 0 Å². The Kier molecular flexibility index (Phi) is 5.24. The second-order valence-corrected chi connectivity index (χ2v) is 6.06. The Bertz CT molecular complexity index is 566. The van der Waals surface area contributed by atoms with Crippen LogP contribution in [0.15, 0.2) is 54.6 Å². The maximum absolute atomic E-state index is 7.56. The molecule has 2 aromatic rings. The van der Waals surface area contributed by atoms with E-state index in [-0.39, 0.29) is 11.1 Å². The zero-order valence-electron chi connectivity index (χ0n) is 11.7. The van der Waals surface area contributed by atoms with E-state index in [0.717, 1.165) is 5.75 Å². The fraction of sp³-hybridized carbons (Fsp3) is 0.235. The van der Waals surface area contributed by atoms with Crippen molar-refractivity contribution in [3.8, 4) is 0 Å². The van der Waals surface area contributed by atoms with Crippen LogP contribution >= 0.6 is 11.8 Å². The lowest BCUT2D eigenvalue weighted by molar-refractivity contribution is 0.984. The Hall–Kier alpha value is -1.74. The third kappa shape index (κ3) is 4.14. The van der Waals surface area contributed by atoms with Crippen LogP contribution < -0.4 is 5.73 Å². The number of benzene rings is 2. The van der Waals surface area contributed by atoms with Crippen LogP contribution in [-0.2, 0) is 5.75 Å². The van der Waals surface area contributed by atoms with Crippen LogP contribution in [0.25, 0.3) is 0 Å². The summed E-state index contributed by atoms with van der Waals surface area (Å²) in [5.74, 6) is 1.19. The van der Waals surface area contributed by atoms with Gasteiger partial charge in [-0.1, -0.05) is 54.6 Å². The number of nitrogens with two attached hydrogens (primary N) is 1. The zero-order valence-corrected chi connectivity index (χ0v) is 12.5. The largest absolute Gasteiger partial charge is 0.388 e. The van der Waals surface area contributed by atoms with Crippen LogP contribution in [0.3, 0.4) is 0 Å². The van der Waals surface area contributed by atoms with Gasteiger partial charge in [-0.3, -0.25) is 5.41 Å². The van der Waals surface area contributed by atoms with Crippen molar-refractivity contribution in [2.24, 2.45) is 5.73 Å². The van der Waals surface area contributed by atoms with Crippen LogP contribution in [0, 0.1) is 12.3 Å². The maximum atomic E-state index is 7.56. The molecule has 2 rings (SSSR count). The first-order valence-electron chi connectivity index (χ1n) is 6.71. The van der Waals surface area contributed by atoms with Gasteiger partial charge in [0.2, 0.25) is 0 Å². The summed E-state index contributed by atoms with van der Waals surface area (Å²) in [6.07, 6.45) is 0.598. The van der Waals surface area contributed by atoms with Gasteiger partial charge in [0.15, 0.2) is 0 Å².